The molecule has 11 heteroatoms. The monoisotopic (exact) mass is 547 g/mol. The van der Waals surface area contributed by atoms with Gasteiger partial charge in [-0.2, -0.15) is 4.99 Å². The van der Waals surface area contributed by atoms with Crippen LogP contribution in [0.3, 0.4) is 0 Å². The highest BCUT2D eigenvalue weighted by Gasteiger charge is 2.28. The molecule has 2 aromatic heterocycles. The van der Waals surface area contributed by atoms with Crippen molar-refractivity contribution in [3.05, 3.63) is 57.5 Å². The lowest BCUT2D eigenvalue weighted by Gasteiger charge is -2.18. The summed E-state index contributed by atoms with van der Waals surface area (Å²) in [5.74, 6) is -0.935. The fourth-order valence-electron chi connectivity index (χ4n) is 4.13. The van der Waals surface area contributed by atoms with E-state index in [0.717, 1.165) is 47.0 Å². The van der Waals surface area contributed by atoms with Crippen molar-refractivity contribution in [1.82, 2.24) is 4.57 Å². The van der Waals surface area contributed by atoms with Crippen LogP contribution in [0.1, 0.15) is 34.1 Å². The van der Waals surface area contributed by atoms with Crippen LogP contribution in [0.15, 0.2) is 35.8 Å². The number of thioether (sulfide) groups is 1. The van der Waals surface area contributed by atoms with E-state index in [1.165, 1.54) is 41.9 Å². The van der Waals surface area contributed by atoms with Crippen LogP contribution in [0.5, 0.6) is 0 Å². The molecule has 7 nitrogen and oxygen atoms in total. The van der Waals surface area contributed by atoms with Crippen molar-refractivity contribution < 1.29 is 23.5 Å². The number of carbonyl (C=O) groups excluding carboxylic acids is 3. The summed E-state index contributed by atoms with van der Waals surface area (Å²) in [6.45, 7) is 6.34. The zero-order valence-electron chi connectivity index (χ0n) is 20.0. The second-order valence-electron chi connectivity index (χ2n) is 8.49. The maximum Gasteiger partial charge on any atom is 0.341 e. The summed E-state index contributed by atoms with van der Waals surface area (Å²) in [4.78, 5) is 43.3. The summed E-state index contributed by atoms with van der Waals surface area (Å²) in [6.07, 6.45) is 4.34. The normalized spacial score (nSPS) is 15.5. The molecule has 190 valence electrons. The van der Waals surface area contributed by atoms with Crippen molar-refractivity contribution in [2.45, 2.75) is 32.7 Å². The van der Waals surface area contributed by atoms with Crippen LogP contribution in [0.4, 0.5) is 9.39 Å². The quantitative estimate of drug-likeness (QED) is 0.323. The number of amides is 2. The number of hydrogen-bond acceptors (Lipinski definition) is 7. The number of halogens is 1. The van der Waals surface area contributed by atoms with Crippen LogP contribution in [0.2, 0.25) is 0 Å². The van der Waals surface area contributed by atoms with E-state index in [4.69, 9.17) is 4.74 Å². The van der Waals surface area contributed by atoms with Crippen LogP contribution in [-0.4, -0.2) is 41.0 Å². The molecule has 1 aromatic carbocycles. The second kappa shape index (κ2) is 11.5. The van der Waals surface area contributed by atoms with Gasteiger partial charge in [-0.05, 0) is 48.9 Å². The number of nitrogens with one attached hydrogen (secondary N) is 1. The molecule has 0 saturated carbocycles. The Balaban J connectivity index is 1.41. The molecule has 2 amide bonds. The minimum Gasteiger partial charge on any atom is -0.465 e. The number of rotatable bonds is 8. The van der Waals surface area contributed by atoms with E-state index >= 15 is 0 Å². The fourth-order valence-corrected chi connectivity index (χ4v) is 7.22. The molecule has 36 heavy (non-hydrogen) atoms. The third kappa shape index (κ3) is 5.79. The number of anilines is 1. The van der Waals surface area contributed by atoms with Gasteiger partial charge in [-0.1, -0.05) is 24.3 Å². The van der Waals surface area contributed by atoms with Gasteiger partial charge in [0.2, 0.25) is 5.91 Å². The van der Waals surface area contributed by atoms with Crippen LogP contribution in [-0.2, 0) is 33.7 Å². The molecule has 0 fully saturated rings. The maximum absolute atomic E-state index is 13.6. The Kier molecular flexibility index (Phi) is 8.43. The molecule has 3 aromatic rings. The molecular formula is C25H26FN3O4S3. The van der Waals surface area contributed by atoms with E-state index in [-0.39, 0.29) is 23.2 Å². The molecule has 0 saturated heterocycles. The van der Waals surface area contributed by atoms with Crippen molar-refractivity contribution in [2.75, 3.05) is 23.9 Å². The highest BCUT2D eigenvalue weighted by atomic mass is 32.2. The van der Waals surface area contributed by atoms with Crippen molar-refractivity contribution in [3.63, 3.8) is 0 Å². The largest absolute Gasteiger partial charge is 0.465 e. The van der Waals surface area contributed by atoms with Crippen molar-refractivity contribution >= 4 is 67.4 Å². The minimum atomic E-state index is -0.449. The van der Waals surface area contributed by atoms with Crippen LogP contribution in [0.25, 0.3) is 10.2 Å². The summed E-state index contributed by atoms with van der Waals surface area (Å²) < 4.78 is 21.1. The number of fused-ring (bicyclic) bond motifs is 2. The van der Waals surface area contributed by atoms with Crippen molar-refractivity contribution in [1.29, 1.82) is 0 Å². The molecule has 1 atom stereocenters. The van der Waals surface area contributed by atoms with Gasteiger partial charge in [-0.3, -0.25) is 9.59 Å². The smallest absolute Gasteiger partial charge is 0.341 e. The lowest BCUT2D eigenvalue weighted by molar-refractivity contribution is -0.115. The number of aromatic nitrogens is 1. The Morgan fingerprint density at radius 2 is 2.14 bits per heavy atom. The Morgan fingerprint density at radius 1 is 1.33 bits per heavy atom. The number of esters is 1. The van der Waals surface area contributed by atoms with Gasteiger partial charge in [-0.15, -0.1) is 29.7 Å². The predicted octanol–water partition coefficient (Wildman–Crippen LogP) is 4.80. The molecule has 2 heterocycles. The van der Waals surface area contributed by atoms with Crippen LogP contribution < -0.4 is 10.1 Å². The second-order valence-corrected chi connectivity index (χ2v) is 11.6. The van der Waals surface area contributed by atoms with Gasteiger partial charge in [0.05, 0.1) is 34.4 Å². The number of carbonyl (C=O) groups is 3. The lowest BCUT2D eigenvalue weighted by Crippen LogP contribution is -2.19. The Labute approximate surface area is 220 Å². The maximum atomic E-state index is 13.6. The molecule has 1 N–H and O–H groups in total. The number of thiophene rings is 1. The lowest BCUT2D eigenvalue weighted by atomic mass is 9.88. The molecular weight excluding hydrogens is 521 g/mol. The summed E-state index contributed by atoms with van der Waals surface area (Å²) in [5.41, 5.74) is 2.19. The van der Waals surface area contributed by atoms with Crippen molar-refractivity contribution in [3.8, 4) is 0 Å². The Hall–Kier alpha value is -2.76. The number of methoxy groups -OCH3 is 1. The molecule has 0 radical (unpaired) electrons. The molecule has 1 unspecified atom stereocenters. The Bertz CT molecular complexity index is 1410. The highest BCUT2D eigenvalue weighted by Crippen LogP contribution is 2.40. The molecule has 4 rings (SSSR count). The zero-order valence-corrected chi connectivity index (χ0v) is 22.4. The number of nitrogens with zero attached hydrogens (tertiary/aromatic N) is 2. The first-order valence-electron chi connectivity index (χ1n) is 11.4. The molecule has 0 spiro atoms. The van der Waals surface area contributed by atoms with E-state index < -0.39 is 11.9 Å². The van der Waals surface area contributed by atoms with Gasteiger partial charge < -0.3 is 14.6 Å². The van der Waals surface area contributed by atoms with Gasteiger partial charge in [0.25, 0.3) is 5.91 Å². The SMILES string of the molecule is C=CCn1c(=NC(=O)CSCC(=O)Nc2sc3c(c2C(=O)OC)CCC(C)C3)sc2cc(F)ccc21. The Morgan fingerprint density at radius 3 is 2.89 bits per heavy atom. The third-order valence-corrected chi connectivity index (χ3v) is 8.92. The van der Waals surface area contributed by atoms with Crippen molar-refractivity contribution in [2.24, 2.45) is 10.9 Å². The first kappa shape index (κ1) is 26.3. The standard InChI is InChI=1S/C25H26FN3O4S3/c1-4-9-29-17-8-6-15(26)11-19(17)36-25(29)28-21(31)13-34-12-20(30)27-23-22(24(32)33-3)16-7-5-14(2)10-18(16)35-23/h4,6,8,11,14H,1,5,7,9-10,12-13H2,2-3H3,(H,27,30). The van der Waals surface area contributed by atoms with E-state index in [1.807, 2.05) is 0 Å². The first-order valence-corrected chi connectivity index (χ1v) is 14.2. The van der Waals surface area contributed by atoms with Gasteiger partial charge in [0.1, 0.15) is 10.8 Å². The van der Waals surface area contributed by atoms with Crippen LogP contribution in [0, 0.1) is 11.7 Å². The van der Waals surface area contributed by atoms with E-state index in [2.05, 4.69) is 23.8 Å². The highest BCUT2D eigenvalue weighted by molar-refractivity contribution is 8.00. The number of thiazole rings is 1. The summed E-state index contributed by atoms with van der Waals surface area (Å²) in [7, 11) is 1.33. The third-order valence-electron chi connectivity index (χ3n) is 5.79. The summed E-state index contributed by atoms with van der Waals surface area (Å²) in [5, 5.41) is 3.34. The van der Waals surface area contributed by atoms with Gasteiger partial charge in [0, 0.05) is 11.4 Å². The summed E-state index contributed by atoms with van der Waals surface area (Å²) in [6, 6.07) is 4.43. The first-order chi connectivity index (χ1) is 17.3. The zero-order chi connectivity index (χ0) is 25.8. The summed E-state index contributed by atoms with van der Waals surface area (Å²) >= 11 is 3.79. The molecule has 1 aliphatic carbocycles. The number of ether oxygens (including phenoxy) is 1. The van der Waals surface area contributed by atoms with E-state index in [1.54, 1.807) is 16.7 Å². The number of benzene rings is 1. The minimum absolute atomic E-state index is 0.00638. The average molecular weight is 548 g/mol. The molecule has 1 aliphatic rings. The predicted molar refractivity (Wildman–Crippen MR) is 143 cm³/mol. The van der Waals surface area contributed by atoms with Gasteiger partial charge in [0.15, 0.2) is 4.80 Å². The number of allylic oxidation sites excluding steroid dienone is 1. The average Bonchev–Trinajstić information content (AvgIpc) is 3.35. The molecule has 0 bridgehead atoms. The van der Waals surface area contributed by atoms with Gasteiger partial charge in [-0.25, -0.2) is 9.18 Å². The van der Waals surface area contributed by atoms with E-state index in [9.17, 15) is 18.8 Å². The van der Waals surface area contributed by atoms with Gasteiger partial charge >= 0.3 is 5.97 Å². The van der Waals surface area contributed by atoms with Crippen LogP contribution >= 0.6 is 34.4 Å². The molecule has 0 aliphatic heterocycles. The fraction of sp³-hybridized carbons (Fsp3) is 0.360. The topological polar surface area (TPSA) is 89.8 Å². The number of hydrogen-bond donors (Lipinski definition) is 1. The van der Waals surface area contributed by atoms with E-state index in [0.29, 0.717) is 32.5 Å².